The Kier molecular flexibility index (Phi) is 7.17. The van der Waals surface area contributed by atoms with Gasteiger partial charge in [-0.25, -0.2) is 22.7 Å². The third kappa shape index (κ3) is 4.89. The summed E-state index contributed by atoms with van der Waals surface area (Å²) < 4.78 is 27.5. The molecule has 13 heteroatoms. The summed E-state index contributed by atoms with van der Waals surface area (Å²) in [5.41, 5.74) is 3.63. The van der Waals surface area contributed by atoms with Crippen LogP contribution in [0.25, 0.3) is 16.2 Å². The second kappa shape index (κ2) is 10.3. The largest absolute Gasteiger partial charge is 0.345 e. The zero-order chi connectivity index (χ0) is 27.2. The van der Waals surface area contributed by atoms with E-state index in [0.29, 0.717) is 22.2 Å². The summed E-state index contributed by atoms with van der Waals surface area (Å²) >= 11 is 2.85. The van der Waals surface area contributed by atoms with Gasteiger partial charge in [0, 0.05) is 38.8 Å². The summed E-state index contributed by atoms with van der Waals surface area (Å²) in [6.07, 6.45) is 3.68. The average Bonchev–Trinajstić information content (AvgIpc) is 3.60. The molecule has 200 valence electrons. The van der Waals surface area contributed by atoms with E-state index in [1.54, 1.807) is 7.05 Å². The number of aryl methyl sites for hydroxylation is 2. The summed E-state index contributed by atoms with van der Waals surface area (Å²) in [7, 11) is 0.306. The van der Waals surface area contributed by atoms with Gasteiger partial charge in [-0.15, -0.1) is 5.10 Å². The first-order valence-corrected chi connectivity index (χ1v) is 15.9. The van der Waals surface area contributed by atoms with Gasteiger partial charge in [-0.2, -0.15) is 9.78 Å². The number of benzene rings is 1. The van der Waals surface area contributed by atoms with Crippen molar-refractivity contribution in [1.82, 2.24) is 23.9 Å². The van der Waals surface area contributed by atoms with Crippen LogP contribution in [0.3, 0.4) is 0 Å². The number of thiazole rings is 1. The Bertz CT molecular complexity index is 1610. The van der Waals surface area contributed by atoms with Crippen LogP contribution in [-0.4, -0.2) is 71.8 Å². The van der Waals surface area contributed by atoms with Crippen LogP contribution in [0.2, 0.25) is 0 Å². The lowest BCUT2D eigenvalue weighted by atomic mass is 10.1. The van der Waals surface area contributed by atoms with Crippen molar-refractivity contribution in [2.45, 2.75) is 39.2 Å². The molecule has 4 aromatic rings. The van der Waals surface area contributed by atoms with Gasteiger partial charge in [-0.05, 0) is 26.2 Å². The summed E-state index contributed by atoms with van der Waals surface area (Å²) in [5.74, 6) is 0.820. The van der Waals surface area contributed by atoms with Crippen molar-refractivity contribution < 1.29 is 8.42 Å². The Labute approximate surface area is 230 Å². The van der Waals surface area contributed by atoms with Crippen LogP contribution in [0.1, 0.15) is 35.9 Å². The Balaban J connectivity index is 1.49. The highest BCUT2D eigenvalue weighted by atomic mass is 32.2. The number of hydrogen-bond acceptors (Lipinski definition) is 10. The zero-order valence-electron chi connectivity index (χ0n) is 22.0. The van der Waals surface area contributed by atoms with E-state index in [2.05, 4.69) is 17.9 Å². The monoisotopic (exact) mass is 570 g/mol. The molecule has 1 aliphatic heterocycles. The molecule has 3 aromatic heterocycles. The SMILES string of the molecule is CCc1nc2sc(N3CCCC(N(C)S(C)(=O)=O)C3)nn2c1N(C)c1nc(-c2ccc(C)cc2)c(C#N)s1. The van der Waals surface area contributed by atoms with Crippen LogP contribution in [-0.2, 0) is 16.4 Å². The van der Waals surface area contributed by atoms with Crippen LogP contribution in [0, 0.1) is 18.3 Å². The van der Waals surface area contributed by atoms with Gasteiger partial charge in [-0.1, -0.05) is 59.4 Å². The highest BCUT2D eigenvalue weighted by Gasteiger charge is 2.31. The van der Waals surface area contributed by atoms with E-state index in [4.69, 9.17) is 15.1 Å². The maximum absolute atomic E-state index is 12.1. The molecule has 0 saturated carbocycles. The fourth-order valence-corrected chi connectivity index (χ4v) is 7.20. The molecule has 0 N–H and O–H groups in total. The predicted molar refractivity (Wildman–Crippen MR) is 153 cm³/mol. The van der Waals surface area contributed by atoms with Gasteiger partial charge < -0.3 is 9.80 Å². The lowest BCUT2D eigenvalue weighted by Gasteiger charge is -2.36. The first kappa shape index (κ1) is 26.6. The summed E-state index contributed by atoms with van der Waals surface area (Å²) in [6, 6.07) is 10.2. The van der Waals surface area contributed by atoms with E-state index < -0.39 is 10.0 Å². The van der Waals surface area contributed by atoms with Crippen LogP contribution in [0.4, 0.5) is 16.1 Å². The minimum absolute atomic E-state index is 0.0942. The molecule has 0 radical (unpaired) electrons. The third-order valence-electron chi connectivity index (χ3n) is 6.92. The molecule has 10 nitrogen and oxygen atoms in total. The molecule has 1 atom stereocenters. The minimum atomic E-state index is -3.27. The second-order valence-corrected chi connectivity index (χ2v) is 13.5. The fourth-order valence-electron chi connectivity index (χ4n) is 4.69. The van der Waals surface area contributed by atoms with Gasteiger partial charge in [0.15, 0.2) is 10.9 Å². The van der Waals surface area contributed by atoms with Crippen molar-refractivity contribution in [2.24, 2.45) is 0 Å². The Hall–Kier alpha value is -3.05. The molecule has 1 saturated heterocycles. The van der Waals surface area contributed by atoms with E-state index in [1.807, 2.05) is 47.7 Å². The standard InChI is InChI=1S/C25H30N8O2S3/c1-6-19-22(30(3)23-28-21(20(14-26)36-23)17-11-9-16(2)10-12-17)33-24(27-19)37-25(29-33)32-13-7-8-18(15-32)31(4)38(5,34)35/h9-12,18H,6-8,13,15H2,1-5H3. The van der Waals surface area contributed by atoms with E-state index in [0.717, 1.165) is 58.5 Å². The van der Waals surface area contributed by atoms with Crippen LogP contribution < -0.4 is 9.80 Å². The molecule has 0 amide bonds. The number of aromatic nitrogens is 4. The molecule has 1 aromatic carbocycles. The van der Waals surface area contributed by atoms with Crippen LogP contribution >= 0.6 is 22.7 Å². The number of hydrogen-bond donors (Lipinski definition) is 0. The van der Waals surface area contributed by atoms with E-state index in [9.17, 15) is 13.7 Å². The summed E-state index contributed by atoms with van der Waals surface area (Å²) in [4.78, 5) is 15.2. The normalized spacial score (nSPS) is 16.3. The maximum Gasteiger partial charge on any atom is 0.216 e. The number of anilines is 3. The highest BCUT2D eigenvalue weighted by molar-refractivity contribution is 7.88. The number of rotatable bonds is 7. The molecule has 1 aliphatic rings. The number of fused-ring (bicyclic) bond motifs is 1. The second-order valence-electron chi connectivity index (χ2n) is 9.55. The van der Waals surface area contributed by atoms with E-state index in [1.165, 1.54) is 33.2 Å². The van der Waals surface area contributed by atoms with Gasteiger partial charge in [0.25, 0.3) is 0 Å². The number of piperidine rings is 1. The smallest absolute Gasteiger partial charge is 0.216 e. The molecule has 38 heavy (non-hydrogen) atoms. The van der Waals surface area contributed by atoms with Crippen molar-refractivity contribution in [2.75, 3.05) is 43.2 Å². The fraction of sp³-hybridized carbons (Fsp3) is 0.440. The van der Waals surface area contributed by atoms with Crippen molar-refractivity contribution in [1.29, 1.82) is 5.26 Å². The molecule has 4 heterocycles. The molecule has 0 bridgehead atoms. The number of imidazole rings is 1. The van der Waals surface area contributed by atoms with E-state index >= 15 is 0 Å². The van der Waals surface area contributed by atoms with E-state index in [-0.39, 0.29) is 6.04 Å². The lowest BCUT2D eigenvalue weighted by molar-refractivity contribution is 0.322. The molecule has 0 aliphatic carbocycles. The Morgan fingerprint density at radius 2 is 1.92 bits per heavy atom. The average molecular weight is 571 g/mol. The Morgan fingerprint density at radius 1 is 1.18 bits per heavy atom. The minimum Gasteiger partial charge on any atom is -0.345 e. The van der Waals surface area contributed by atoms with Crippen molar-refractivity contribution in [3.63, 3.8) is 0 Å². The van der Waals surface area contributed by atoms with Crippen molar-refractivity contribution in [3.8, 4) is 17.3 Å². The molecule has 5 rings (SSSR count). The molecule has 1 fully saturated rings. The number of nitrogens with zero attached hydrogens (tertiary/aromatic N) is 8. The van der Waals surface area contributed by atoms with Gasteiger partial charge in [0.05, 0.1) is 11.9 Å². The maximum atomic E-state index is 12.1. The first-order chi connectivity index (χ1) is 18.1. The molecule has 0 spiro atoms. The van der Waals surface area contributed by atoms with Crippen LogP contribution in [0.5, 0.6) is 0 Å². The number of likely N-dealkylation sites (N-methyl/N-ethyl adjacent to an activating group) is 1. The third-order valence-corrected chi connectivity index (χ3v) is 10.3. The van der Waals surface area contributed by atoms with Gasteiger partial charge in [0.2, 0.25) is 20.1 Å². The van der Waals surface area contributed by atoms with Crippen molar-refractivity contribution >= 4 is 53.7 Å². The topological polar surface area (TPSA) is 111 Å². The first-order valence-electron chi connectivity index (χ1n) is 12.4. The van der Waals surface area contributed by atoms with Gasteiger partial charge >= 0.3 is 0 Å². The van der Waals surface area contributed by atoms with Crippen LogP contribution in [0.15, 0.2) is 24.3 Å². The number of sulfonamides is 1. The lowest BCUT2D eigenvalue weighted by Crippen LogP contribution is -2.48. The number of nitriles is 1. The summed E-state index contributed by atoms with van der Waals surface area (Å²) in [6.45, 7) is 5.49. The zero-order valence-corrected chi connectivity index (χ0v) is 24.5. The molecule has 1 unspecified atom stereocenters. The predicted octanol–water partition coefficient (Wildman–Crippen LogP) is 4.28. The Morgan fingerprint density at radius 3 is 2.58 bits per heavy atom. The van der Waals surface area contributed by atoms with Crippen molar-refractivity contribution in [3.05, 3.63) is 40.4 Å². The molecular weight excluding hydrogens is 541 g/mol. The quantitative estimate of drug-likeness (QED) is 0.324. The van der Waals surface area contributed by atoms with Gasteiger partial charge in [0.1, 0.15) is 16.6 Å². The van der Waals surface area contributed by atoms with Gasteiger partial charge in [-0.3, -0.25) is 0 Å². The molecular formula is C25H30N8O2S3. The summed E-state index contributed by atoms with van der Waals surface area (Å²) in [5, 5.41) is 16.2. The highest BCUT2D eigenvalue weighted by Crippen LogP contribution is 2.38.